The van der Waals surface area contributed by atoms with E-state index in [1.54, 1.807) is 11.8 Å². The van der Waals surface area contributed by atoms with Crippen LogP contribution in [-0.4, -0.2) is 46.9 Å². The lowest BCUT2D eigenvalue weighted by atomic mass is 9.81. The maximum atomic E-state index is 12.2. The van der Waals surface area contributed by atoms with Crippen molar-refractivity contribution in [2.45, 2.75) is 39.2 Å². The second-order valence-corrected chi connectivity index (χ2v) is 5.69. The summed E-state index contributed by atoms with van der Waals surface area (Å²) in [6, 6.07) is -0.595. The summed E-state index contributed by atoms with van der Waals surface area (Å²) in [6.45, 7) is 3.76. The first-order valence-corrected chi connectivity index (χ1v) is 6.66. The molecule has 6 heteroatoms. The van der Waals surface area contributed by atoms with E-state index in [4.69, 9.17) is 0 Å². The number of fused-ring (bicyclic) bond motifs is 1. The lowest BCUT2D eigenvalue weighted by molar-refractivity contribution is -0.149. The second kappa shape index (κ2) is 4.83. The van der Waals surface area contributed by atoms with Gasteiger partial charge in [-0.2, -0.15) is 0 Å². The first-order chi connectivity index (χ1) is 8.86. The van der Waals surface area contributed by atoms with Gasteiger partial charge < -0.3 is 15.3 Å². The van der Waals surface area contributed by atoms with E-state index < -0.39 is 17.4 Å². The minimum atomic E-state index is -0.794. The Hall–Kier alpha value is -1.59. The van der Waals surface area contributed by atoms with Crippen LogP contribution in [0.15, 0.2) is 0 Å². The number of carbonyl (C=O) groups is 3. The zero-order chi connectivity index (χ0) is 14.2. The van der Waals surface area contributed by atoms with E-state index in [1.807, 2.05) is 0 Å². The minimum Gasteiger partial charge on any atom is -0.481 e. The van der Waals surface area contributed by atoms with E-state index in [9.17, 15) is 19.5 Å². The molecule has 0 aromatic rings. The third kappa shape index (κ3) is 2.31. The highest BCUT2D eigenvalue weighted by Gasteiger charge is 2.56. The third-order valence-corrected chi connectivity index (χ3v) is 4.40. The van der Waals surface area contributed by atoms with Crippen molar-refractivity contribution in [2.75, 3.05) is 13.1 Å². The molecule has 106 valence electrons. The van der Waals surface area contributed by atoms with Crippen molar-refractivity contribution in [3.63, 3.8) is 0 Å². The molecule has 1 aliphatic heterocycles. The molecule has 3 atom stereocenters. The smallest absolute Gasteiger partial charge is 0.311 e. The largest absolute Gasteiger partial charge is 0.481 e. The maximum absolute atomic E-state index is 12.2. The van der Waals surface area contributed by atoms with Crippen molar-refractivity contribution in [1.82, 2.24) is 10.2 Å². The van der Waals surface area contributed by atoms with Crippen LogP contribution in [0.4, 0.5) is 0 Å². The molecule has 2 N–H and O–H groups in total. The molecule has 1 aliphatic carbocycles. The van der Waals surface area contributed by atoms with Gasteiger partial charge >= 0.3 is 5.97 Å². The summed E-state index contributed by atoms with van der Waals surface area (Å²) in [6.07, 6.45) is 2.43. The summed E-state index contributed by atoms with van der Waals surface area (Å²) < 4.78 is 0. The molecule has 6 nitrogen and oxygen atoms in total. The van der Waals surface area contributed by atoms with E-state index in [0.29, 0.717) is 13.0 Å². The molecule has 1 saturated heterocycles. The molecule has 0 radical (unpaired) electrons. The van der Waals surface area contributed by atoms with Gasteiger partial charge in [0, 0.05) is 20.0 Å². The summed E-state index contributed by atoms with van der Waals surface area (Å²) in [7, 11) is 0. The molecule has 2 rings (SSSR count). The average Bonchev–Trinajstić information content (AvgIpc) is 2.83. The van der Waals surface area contributed by atoms with E-state index in [0.717, 1.165) is 12.8 Å². The lowest BCUT2D eigenvalue weighted by Crippen LogP contribution is -2.46. The highest BCUT2D eigenvalue weighted by atomic mass is 16.4. The van der Waals surface area contributed by atoms with Gasteiger partial charge in [0.25, 0.3) is 0 Å². The summed E-state index contributed by atoms with van der Waals surface area (Å²) in [5.41, 5.74) is -0.758. The Morgan fingerprint density at radius 3 is 2.63 bits per heavy atom. The van der Waals surface area contributed by atoms with Crippen LogP contribution in [-0.2, 0) is 14.4 Å². The van der Waals surface area contributed by atoms with Crippen LogP contribution in [0.25, 0.3) is 0 Å². The zero-order valence-electron chi connectivity index (χ0n) is 11.3. The Balaban J connectivity index is 2.07. The number of carboxylic acid groups (broad SMARTS) is 1. The molecule has 0 spiro atoms. The first-order valence-electron chi connectivity index (χ1n) is 6.66. The molecule has 0 aromatic carbocycles. The predicted octanol–water partition coefficient (Wildman–Crippen LogP) is 0.224. The second-order valence-electron chi connectivity index (χ2n) is 5.69. The fraction of sp³-hybridized carbons (Fsp3) is 0.769. The Labute approximate surface area is 112 Å². The van der Waals surface area contributed by atoms with Crippen molar-refractivity contribution < 1.29 is 19.5 Å². The van der Waals surface area contributed by atoms with Crippen molar-refractivity contribution in [3.8, 4) is 0 Å². The number of nitrogens with one attached hydrogen (secondary N) is 1. The van der Waals surface area contributed by atoms with Crippen LogP contribution < -0.4 is 5.32 Å². The van der Waals surface area contributed by atoms with Crippen LogP contribution in [0.3, 0.4) is 0 Å². The van der Waals surface area contributed by atoms with Gasteiger partial charge in [-0.3, -0.25) is 14.4 Å². The number of hydrogen-bond donors (Lipinski definition) is 2. The Kier molecular flexibility index (Phi) is 3.52. The highest BCUT2D eigenvalue weighted by Crippen LogP contribution is 2.48. The van der Waals surface area contributed by atoms with Crippen molar-refractivity contribution in [2.24, 2.45) is 11.3 Å². The van der Waals surface area contributed by atoms with E-state index in [2.05, 4.69) is 5.32 Å². The first kappa shape index (κ1) is 13.8. The monoisotopic (exact) mass is 268 g/mol. The molecule has 1 heterocycles. The highest BCUT2D eigenvalue weighted by molar-refractivity contribution is 5.88. The van der Waals surface area contributed by atoms with Crippen LogP contribution in [0.5, 0.6) is 0 Å². The van der Waals surface area contributed by atoms with Gasteiger partial charge in [-0.1, -0.05) is 6.42 Å². The standard InChI is InChI=1S/C13H20N2O4/c1-8(14-9(2)16)11(17)15-6-10-4-3-5-13(10,7-15)12(18)19/h8,10H,3-7H2,1-2H3,(H,14,16)(H,18,19)/t8?,10-,13+/m0/s1. The fourth-order valence-electron chi connectivity index (χ4n) is 3.45. The normalized spacial score (nSPS) is 30.8. The quantitative estimate of drug-likeness (QED) is 0.767. The van der Waals surface area contributed by atoms with Gasteiger partial charge in [0.1, 0.15) is 6.04 Å². The number of aliphatic carboxylic acids is 1. The molecule has 0 bridgehead atoms. The van der Waals surface area contributed by atoms with E-state index in [1.165, 1.54) is 6.92 Å². The van der Waals surface area contributed by atoms with Crippen molar-refractivity contribution in [3.05, 3.63) is 0 Å². The molecular formula is C13H20N2O4. The minimum absolute atomic E-state index is 0.0541. The van der Waals surface area contributed by atoms with Crippen molar-refractivity contribution in [1.29, 1.82) is 0 Å². The molecular weight excluding hydrogens is 248 g/mol. The summed E-state index contributed by atoms with van der Waals surface area (Å²) in [5, 5.41) is 12.0. The number of nitrogens with zero attached hydrogens (tertiary/aromatic N) is 1. The average molecular weight is 268 g/mol. The number of rotatable bonds is 3. The van der Waals surface area contributed by atoms with Gasteiger partial charge in [0.15, 0.2) is 0 Å². The number of carbonyl (C=O) groups excluding carboxylic acids is 2. The number of likely N-dealkylation sites (tertiary alicyclic amines) is 1. The molecule has 1 saturated carbocycles. The van der Waals surface area contributed by atoms with Gasteiger partial charge in [-0.05, 0) is 25.7 Å². The van der Waals surface area contributed by atoms with Crippen LogP contribution in [0.1, 0.15) is 33.1 Å². The fourth-order valence-corrected chi connectivity index (χ4v) is 3.45. The molecule has 2 fully saturated rings. The van der Waals surface area contributed by atoms with Gasteiger partial charge in [-0.25, -0.2) is 0 Å². The van der Waals surface area contributed by atoms with Crippen LogP contribution >= 0.6 is 0 Å². The maximum Gasteiger partial charge on any atom is 0.311 e. The van der Waals surface area contributed by atoms with Crippen LogP contribution in [0, 0.1) is 11.3 Å². The SMILES string of the molecule is CC(=O)NC(C)C(=O)N1C[C@@H]2CCC[C@@]2(C(=O)O)C1. The molecule has 0 aromatic heterocycles. The molecule has 2 aliphatic rings. The number of hydrogen-bond acceptors (Lipinski definition) is 3. The Bertz CT molecular complexity index is 423. The number of carboxylic acids is 1. The van der Waals surface area contributed by atoms with E-state index in [-0.39, 0.29) is 24.3 Å². The number of amides is 2. The molecule has 2 amide bonds. The summed E-state index contributed by atoms with van der Waals surface area (Å²) >= 11 is 0. The molecule has 19 heavy (non-hydrogen) atoms. The summed E-state index contributed by atoms with van der Waals surface area (Å²) in [5.74, 6) is -1.19. The van der Waals surface area contributed by atoms with Gasteiger partial charge in [0.2, 0.25) is 11.8 Å². The third-order valence-electron chi connectivity index (χ3n) is 4.40. The molecule has 1 unspecified atom stereocenters. The predicted molar refractivity (Wildman–Crippen MR) is 67.3 cm³/mol. The van der Waals surface area contributed by atoms with E-state index >= 15 is 0 Å². The van der Waals surface area contributed by atoms with Gasteiger partial charge in [0.05, 0.1) is 5.41 Å². The Morgan fingerprint density at radius 2 is 2.11 bits per heavy atom. The van der Waals surface area contributed by atoms with Gasteiger partial charge in [-0.15, -0.1) is 0 Å². The van der Waals surface area contributed by atoms with Crippen molar-refractivity contribution >= 4 is 17.8 Å². The topological polar surface area (TPSA) is 86.7 Å². The lowest BCUT2D eigenvalue weighted by Gasteiger charge is -2.25. The van der Waals surface area contributed by atoms with Crippen LogP contribution in [0.2, 0.25) is 0 Å². The Morgan fingerprint density at radius 1 is 1.42 bits per heavy atom. The zero-order valence-corrected chi connectivity index (χ0v) is 11.3. The summed E-state index contributed by atoms with van der Waals surface area (Å²) in [4.78, 5) is 36.3.